The van der Waals surface area contributed by atoms with Crippen LogP contribution in [0.4, 0.5) is 4.79 Å². The maximum atomic E-state index is 13.9. The van der Waals surface area contributed by atoms with E-state index >= 15 is 0 Å². The standard InChI is InChI=1S/C26H39N3O4S/c1-16(2)19-10-8-17(3)14-20(19)23(30)29-21-11-9-18(34-7)15-22(21)28(25(29)32)13-12-27-24(31)33-26(4,5)6/h9,11,15-17,19-20H,8,10,12-14H2,1-7H3,(H,27,31)/t17?,19-,20?/m0/s1. The van der Waals surface area contributed by atoms with Gasteiger partial charge in [-0.05, 0) is 75.8 Å². The van der Waals surface area contributed by atoms with E-state index in [0.717, 1.165) is 24.2 Å². The second-order valence-corrected chi connectivity index (χ2v) is 11.7. The fourth-order valence-electron chi connectivity index (χ4n) is 5.03. The number of nitrogens with one attached hydrogen (secondary N) is 1. The van der Waals surface area contributed by atoms with E-state index in [1.54, 1.807) is 37.1 Å². The highest BCUT2D eigenvalue weighted by atomic mass is 32.2. The Morgan fingerprint density at radius 1 is 1.21 bits per heavy atom. The molecule has 0 saturated heterocycles. The first-order chi connectivity index (χ1) is 15.9. The van der Waals surface area contributed by atoms with Crippen LogP contribution in [0.2, 0.25) is 0 Å². The number of hydrogen-bond donors (Lipinski definition) is 1. The number of imidazole rings is 1. The predicted octanol–water partition coefficient (Wildman–Crippen LogP) is 5.40. The van der Waals surface area contributed by atoms with Gasteiger partial charge in [-0.2, -0.15) is 0 Å². The number of alkyl carbamates (subject to hydrolysis) is 1. The summed E-state index contributed by atoms with van der Waals surface area (Å²) in [6.07, 6.45) is 4.40. The maximum absolute atomic E-state index is 13.9. The first kappa shape index (κ1) is 26.4. The van der Waals surface area contributed by atoms with Crippen LogP contribution in [0.3, 0.4) is 0 Å². The lowest BCUT2D eigenvalue weighted by molar-refractivity contribution is 0.0524. The van der Waals surface area contributed by atoms with Gasteiger partial charge in [0.2, 0.25) is 5.91 Å². The molecule has 1 fully saturated rings. The van der Waals surface area contributed by atoms with E-state index < -0.39 is 11.7 Å². The summed E-state index contributed by atoms with van der Waals surface area (Å²) >= 11 is 1.58. The van der Waals surface area contributed by atoms with Crippen LogP contribution in [-0.2, 0) is 11.3 Å². The van der Waals surface area contributed by atoms with Crippen LogP contribution in [0.1, 0.15) is 65.6 Å². The second kappa shape index (κ2) is 10.6. The van der Waals surface area contributed by atoms with Crippen molar-refractivity contribution in [1.29, 1.82) is 0 Å². The molecule has 3 rings (SSSR count). The summed E-state index contributed by atoms with van der Waals surface area (Å²) in [6, 6.07) is 5.76. The lowest BCUT2D eigenvalue weighted by Crippen LogP contribution is -2.41. The van der Waals surface area contributed by atoms with Gasteiger partial charge in [-0.25, -0.2) is 14.2 Å². The van der Waals surface area contributed by atoms with Crippen LogP contribution in [0.25, 0.3) is 11.0 Å². The molecule has 2 aromatic rings. The molecular formula is C26H39N3O4S. The molecule has 1 saturated carbocycles. The minimum absolute atomic E-state index is 0.101. The number of rotatable bonds is 6. The molecule has 1 aromatic carbocycles. The van der Waals surface area contributed by atoms with E-state index in [-0.39, 0.29) is 36.5 Å². The number of ether oxygens (including phenoxy) is 1. The highest BCUT2D eigenvalue weighted by molar-refractivity contribution is 7.98. The fourth-order valence-corrected chi connectivity index (χ4v) is 5.46. The highest BCUT2D eigenvalue weighted by Gasteiger charge is 2.37. The molecule has 0 spiro atoms. The van der Waals surface area contributed by atoms with Crippen molar-refractivity contribution in [2.45, 2.75) is 77.8 Å². The summed E-state index contributed by atoms with van der Waals surface area (Å²) in [7, 11) is 0. The summed E-state index contributed by atoms with van der Waals surface area (Å²) in [5, 5.41) is 2.72. The molecule has 0 bridgehead atoms. The number of amides is 1. The topological polar surface area (TPSA) is 82.3 Å². The minimum atomic E-state index is -0.597. The molecule has 188 valence electrons. The molecule has 0 radical (unpaired) electrons. The predicted molar refractivity (Wildman–Crippen MR) is 138 cm³/mol. The zero-order valence-electron chi connectivity index (χ0n) is 21.5. The summed E-state index contributed by atoms with van der Waals surface area (Å²) in [6.45, 7) is 12.4. The quantitative estimate of drug-likeness (QED) is 0.550. The van der Waals surface area contributed by atoms with Crippen LogP contribution in [-0.4, -0.2) is 39.5 Å². The molecule has 7 nitrogen and oxygen atoms in total. The van der Waals surface area contributed by atoms with Crippen LogP contribution < -0.4 is 11.0 Å². The van der Waals surface area contributed by atoms with Crippen molar-refractivity contribution in [1.82, 2.24) is 14.5 Å². The molecule has 34 heavy (non-hydrogen) atoms. The van der Waals surface area contributed by atoms with Gasteiger partial charge in [0.05, 0.1) is 11.0 Å². The normalized spacial score (nSPS) is 21.1. The average Bonchev–Trinajstić information content (AvgIpc) is 3.02. The SMILES string of the molecule is CSc1ccc2c(c1)n(CCNC(=O)OC(C)(C)C)c(=O)n2C(=O)C1CC(C)CC[C@H]1C(C)C. The third-order valence-corrected chi connectivity index (χ3v) is 7.43. The van der Waals surface area contributed by atoms with Crippen molar-refractivity contribution in [2.75, 3.05) is 12.8 Å². The zero-order chi connectivity index (χ0) is 25.2. The van der Waals surface area contributed by atoms with Crippen LogP contribution in [0.5, 0.6) is 0 Å². The number of nitrogens with zero attached hydrogens (tertiary/aromatic N) is 2. The number of hydrogen-bond acceptors (Lipinski definition) is 5. The molecule has 0 aliphatic heterocycles. The maximum Gasteiger partial charge on any atom is 0.407 e. The summed E-state index contributed by atoms with van der Waals surface area (Å²) in [4.78, 5) is 40.5. The summed E-state index contributed by atoms with van der Waals surface area (Å²) in [5.74, 6) is 0.852. The minimum Gasteiger partial charge on any atom is -0.444 e. The lowest BCUT2D eigenvalue weighted by Gasteiger charge is -2.36. The van der Waals surface area contributed by atoms with E-state index in [1.165, 1.54) is 4.57 Å². The average molecular weight is 490 g/mol. The molecule has 1 heterocycles. The van der Waals surface area contributed by atoms with Crippen molar-refractivity contribution in [2.24, 2.45) is 23.7 Å². The van der Waals surface area contributed by atoms with Gasteiger partial charge >= 0.3 is 11.8 Å². The number of carbonyl (C=O) groups excluding carboxylic acids is 2. The molecule has 1 amide bonds. The number of thioether (sulfide) groups is 1. The van der Waals surface area contributed by atoms with E-state index in [0.29, 0.717) is 22.9 Å². The van der Waals surface area contributed by atoms with Crippen molar-refractivity contribution < 1.29 is 14.3 Å². The summed E-state index contributed by atoms with van der Waals surface area (Å²) in [5.41, 5.74) is 0.401. The van der Waals surface area contributed by atoms with E-state index in [2.05, 4.69) is 26.1 Å². The Bertz CT molecular complexity index is 1100. The molecular weight excluding hydrogens is 450 g/mol. The van der Waals surface area contributed by atoms with E-state index in [1.807, 2.05) is 24.5 Å². The number of benzene rings is 1. The molecule has 3 atom stereocenters. The number of aromatic nitrogens is 2. The van der Waals surface area contributed by atoms with Gasteiger partial charge in [-0.3, -0.25) is 9.36 Å². The number of carbonyl (C=O) groups is 2. The Labute approximate surface area is 206 Å². The van der Waals surface area contributed by atoms with Crippen molar-refractivity contribution in [3.63, 3.8) is 0 Å². The van der Waals surface area contributed by atoms with E-state index in [4.69, 9.17) is 4.74 Å². The monoisotopic (exact) mass is 489 g/mol. The molecule has 2 unspecified atom stereocenters. The summed E-state index contributed by atoms with van der Waals surface area (Å²) < 4.78 is 8.27. The van der Waals surface area contributed by atoms with Gasteiger partial charge in [0.15, 0.2) is 0 Å². The highest BCUT2D eigenvalue weighted by Crippen LogP contribution is 2.39. The third kappa shape index (κ3) is 5.88. The van der Waals surface area contributed by atoms with Crippen molar-refractivity contribution in [3.8, 4) is 0 Å². The Balaban J connectivity index is 1.96. The molecule has 1 N–H and O–H groups in total. The number of fused-ring (bicyclic) bond motifs is 1. The zero-order valence-corrected chi connectivity index (χ0v) is 22.3. The first-order valence-corrected chi connectivity index (χ1v) is 13.5. The lowest BCUT2D eigenvalue weighted by atomic mass is 9.69. The fraction of sp³-hybridized carbons (Fsp3) is 0.654. The largest absolute Gasteiger partial charge is 0.444 e. The van der Waals surface area contributed by atoms with Crippen molar-refractivity contribution >= 4 is 34.8 Å². The van der Waals surface area contributed by atoms with Gasteiger partial charge < -0.3 is 10.1 Å². The van der Waals surface area contributed by atoms with Crippen LogP contribution >= 0.6 is 11.8 Å². The van der Waals surface area contributed by atoms with E-state index in [9.17, 15) is 14.4 Å². The van der Waals surface area contributed by atoms with Crippen LogP contribution in [0, 0.1) is 23.7 Å². The van der Waals surface area contributed by atoms with Crippen LogP contribution in [0.15, 0.2) is 27.9 Å². The van der Waals surface area contributed by atoms with Gasteiger partial charge in [-0.1, -0.05) is 27.2 Å². The molecule has 8 heteroatoms. The Hall–Kier alpha value is -2.22. The molecule has 1 aliphatic rings. The molecule has 1 aliphatic carbocycles. The third-order valence-electron chi connectivity index (χ3n) is 6.70. The molecule has 1 aromatic heterocycles. The Morgan fingerprint density at radius 3 is 2.53 bits per heavy atom. The smallest absolute Gasteiger partial charge is 0.407 e. The van der Waals surface area contributed by atoms with Gasteiger partial charge in [0, 0.05) is 23.9 Å². The Kier molecular flexibility index (Phi) is 8.22. The van der Waals surface area contributed by atoms with Gasteiger partial charge in [0.1, 0.15) is 5.60 Å². The van der Waals surface area contributed by atoms with Gasteiger partial charge in [0.25, 0.3) is 0 Å². The Morgan fingerprint density at radius 2 is 1.91 bits per heavy atom. The van der Waals surface area contributed by atoms with Crippen molar-refractivity contribution in [3.05, 3.63) is 28.7 Å². The first-order valence-electron chi connectivity index (χ1n) is 12.2. The second-order valence-electron chi connectivity index (χ2n) is 10.8. The van der Waals surface area contributed by atoms with Gasteiger partial charge in [-0.15, -0.1) is 11.8 Å².